The van der Waals surface area contributed by atoms with Crippen molar-refractivity contribution in [1.29, 1.82) is 0 Å². The molecule has 0 radical (unpaired) electrons. The van der Waals surface area contributed by atoms with E-state index in [2.05, 4.69) is 355 Å². The first-order valence-corrected chi connectivity index (χ1v) is 33.1. The quantitative estimate of drug-likeness (QED) is 0.135. The van der Waals surface area contributed by atoms with E-state index in [1.807, 2.05) is 12.1 Å². The second kappa shape index (κ2) is 23.7. The lowest BCUT2D eigenvalue weighted by Gasteiger charge is -2.19. The van der Waals surface area contributed by atoms with Crippen molar-refractivity contribution < 1.29 is 0 Å². The predicted octanol–water partition coefficient (Wildman–Crippen LogP) is 23.6. The fourth-order valence-corrected chi connectivity index (χ4v) is 14.6. The summed E-state index contributed by atoms with van der Waals surface area (Å²) in [6.07, 6.45) is 0. The van der Waals surface area contributed by atoms with Crippen molar-refractivity contribution in [2.24, 2.45) is 14.1 Å². The molecule has 456 valence electrons. The summed E-state index contributed by atoms with van der Waals surface area (Å²) in [5.74, 6) is 2.89. The summed E-state index contributed by atoms with van der Waals surface area (Å²) < 4.78 is 6.58. The van der Waals surface area contributed by atoms with Crippen molar-refractivity contribution >= 4 is 87.0 Å². The van der Waals surface area contributed by atoms with Crippen LogP contribution in [0, 0.1) is 0 Å². The number of imidazole rings is 3. The van der Waals surface area contributed by atoms with E-state index in [0.29, 0.717) is 0 Å². The highest BCUT2D eigenvalue weighted by Gasteiger charge is 2.21. The molecule has 0 spiro atoms. The number of nitrogens with zero attached hydrogens (tertiary/aromatic N) is 6. The number of hydrogen-bond donors (Lipinski definition) is 0. The van der Waals surface area contributed by atoms with E-state index in [9.17, 15) is 0 Å². The highest BCUT2D eigenvalue weighted by atomic mass is 15.1. The Morgan fingerprint density at radius 1 is 0.206 bits per heavy atom. The molecule has 6 nitrogen and oxygen atoms in total. The third-order valence-corrected chi connectivity index (χ3v) is 19.5. The SMILES string of the molecule is Cn1c(-c2ccc(-c3ccc4ccc(-c5ccc(-c6nc7ccccc7n6C)cc5)cc4c3)cc2)nc2ccccc21.c1ccc(-n2c(-c3ccc(-c4ccc5c(-c6ccc7ccccc7c6)c6ccccc6c(-c6ccc7ccccc7c6)c5c4)cc3)nc3ccccc32)cc1. The molecule has 19 aromatic rings. The maximum absolute atomic E-state index is 5.12. The first kappa shape index (κ1) is 56.9. The highest BCUT2D eigenvalue weighted by Crippen LogP contribution is 2.46. The van der Waals surface area contributed by atoms with E-state index in [1.54, 1.807) is 0 Å². The molecule has 0 saturated heterocycles. The second-order valence-electron chi connectivity index (χ2n) is 25.2. The van der Waals surface area contributed by atoms with E-state index in [0.717, 1.165) is 78.5 Å². The fourth-order valence-electron chi connectivity index (χ4n) is 14.6. The van der Waals surface area contributed by atoms with Crippen LogP contribution in [0.3, 0.4) is 0 Å². The molecule has 97 heavy (non-hydrogen) atoms. The van der Waals surface area contributed by atoms with Crippen molar-refractivity contribution in [1.82, 2.24) is 28.7 Å². The topological polar surface area (TPSA) is 53.5 Å². The van der Waals surface area contributed by atoms with Gasteiger partial charge in [0, 0.05) is 36.5 Å². The molecule has 3 aromatic heterocycles. The van der Waals surface area contributed by atoms with Crippen LogP contribution < -0.4 is 0 Å². The Labute approximate surface area is 561 Å². The van der Waals surface area contributed by atoms with Gasteiger partial charge >= 0.3 is 0 Å². The van der Waals surface area contributed by atoms with Crippen LogP contribution in [0.4, 0.5) is 0 Å². The lowest BCUT2D eigenvalue weighted by molar-refractivity contribution is 0.959. The summed E-state index contributed by atoms with van der Waals surface area (Å²) >= 11 is 0. The average molecular weight is 1240 g/mol. The number of benzene rings is 16. The van der Waals surface area contributed by atoms with Gasteiger partial charge in [0.1, 0.15) is 17.5 Å². The Bertz CT molecular complexity index is 6090. The molecule has 16 aromatic carbocycles. The standard InChI is InChI=1S/C53H34N2.C38H28N4/c1-2-16-44(17-3-1)55-50-21-11-10-20-49(50)54-53(55)38-26-22-37(23-27-38)41-30-31-47-48(34-41)52(43-29-25-36-13-5-7-15-40(36)33-43)46-19-9-8-18-45(46)51(47)42-28-24-35-12-4-6-14-39(35)32-42;1-41-35-9-5-3-7-33(35)39-37(41)28-17-11-25(12-18-28)30-21-15-27-16-22-31(24-32(27)23-30)26-13-19-29(20-14-26)38-40-34-8-4-6-10-36(34)42(38)2/h1-34H;3-24H,1-2H3. The number of aryl methyl sites for hydroxylation is 2. The Morgan fingerprint density at radius 2 is 0.526 bits per heavy atom. The van der Waals surface area contributed by atoms with E-state index in [-0.39, 0.29) is 0 Å². The van der Waals surface area contributed by atoms with Gasteiger partial charge in [-0.2, -0.15) is 0 Å². The highest BCUT2D eigenvalue weighted by molar-refractivity contribution is 6.22. The summed E-state index contributed by atoms with van der Waals surface area (Å²) in [6.45, 7) is 0. The van der Waals surface area contributed by atoms with E-state index < -0.39 is 0 Å². The third kappa shape index (κ3) is 10.2. The van der Waals surface area contributed by atoms with Gasteiger partial charge in [0.15, 0.2) is 0 Å². The van der Waals surface area contributed by atoms with Gasteiger partial charge in [-0.15, -0.1) is 0 Å². The summed E-state index contributed by atoms with van der Waals surface area (Å²) in [4.78, 5) is 14.8. The molecule has 0 aliphatic heterocycles. The summed E-state index contributed by atoms with van der Waals surface area (Å²) in [5.41, 5.74) is 22.9. The predicted molar refractivity (Wildman–Crippen MR) is 407 cm³/mol. The van der Waals surface area contributed by atoms with Gasteiger partial charge < -0.3 is 9.13 Å². The molecule has 0 atom stereocenters. The molecular formula is C91H62N6. The van der Waals surface area contributed by atoms with Crippen LogP contribution in [0.1, 0.15) is 0 Å². The molecule has 0 fully saturated rings. The zero-order chi connectivity index (χ0) is 64.5. The summed E-state index contributed by atoms with van der Waals surface area (Å²) in [5, 5.41) is 12.4. The van der Waals surface area contributed by atoms with Crippen LogP contribution in [-0.2, 0) is 14.1 Å². The molecular weight excluding hydrogens is 1180 g/mol. The molecule has 19 rings (SSSR count). The average Bonchev–Trinajstić information content (AvgIpc) is 1.50. The molecule has 0 aliphatic carbocycles. The molecule has 0 N–H and O–H groups in total. The minimum atomic E-state index is 0.933. The fraction of sp³-hybridized carbons (Fsp3) is 0.0220. The number of rotatable bonds is 9. The molecule has 0 unspecified atom stereocenters. The smallest absolute Gasteiger partial charge is 0.145 e. The maximum Gasteiger partial charge on any atom is 0.145 e. The summed E-state index contributed by atoms with van der Waals surface area (Å²) in [7, 11) is 4.15. The van der Waals surface area contributed by atoms with Crippen LogP contribution in [-0.4, -0.2) is 28.7 Å². The Hall–Kier alpha value is -12.8. The minimum absolute atomic E-state index is 0.933. The molecule has 0 bridgehead atoms. The first-order valence-electron chi connectivity index (χ1n) is 33.1. The molecule has 0 saturated carbocycles. The number of hydrogen-bond acceptors (Lipinski definition) is 3. The monoisotopic (exact) mass is 1240 g/mol. The lowest BCUT2D eigenvalue weighted by Crippen LogP contribution is -1.97. The normalized spacial score (nSPS) is 11.6. The van der Waals surface area contributed by atoms with Gasteiger partial charge in [-0.3, -0.25) is 4.57 Å². The zero-order valence-electron chi connectivity index (χ0n) is 53.5. The summed E-state index contributed by atoms with van der Waals surface area (Å²) in [6, 6.07) is 122. The molecule has 0 amide bonds. The lowest BCUT2D eigenvalue weighted by atomic mass is 9.84. The number of para-hydroxylation sites is 7. The molecule has 0 aliphatic rings. The van der Waals surface area contributed by atoms with Crippen LogP contribution in [0.25, 0.3) is 182 Å². The van der Waals surface area contributed by atoms with Gasteiger partial charge in [0.25, 0.3) is 0 Å². The van der Waals surface area contributed by atoms with Gasteiger partial charge in [0.2, 0.25) is 0 Å². The number of fused-ring (bicyclic) bond motifs is 8. The third-order valence-electron chi connectivity index (χ3n) is 19.5. The zero-order valence-corrected chi connectivity index (χ0v) is 53.5. The van der Waals surface area contributed by atoms with Crippen molar-refractivity contribution in [3.8, 4) is 95.5 Å². The Balaban J connectivity index is 0.000000146. The van der Waals surface area contributed by atoms with E-state index >= 15 is 0 Å². The Kier molecular flexibility index (Phi) is 13.9. The van der Waals surface area contributed by atoms with Crippen LogP contribution in [0.15, 0.2) is 340 Å². The van der Waals surface area contributed by atoms with Crippen molar-refractivity contribution in [2.75, 3.05) is 0 Å². The molecule has 3 heterocycles. The maximum atomic E-state index is 5.12. The van der Waals surface area contributed by atoms with E-state index in [4.69, 9.17) is 15.0 Å². The van der Waals surface area contributed by atoms with Gasteiger partial charge in [-0.05, 0) is 188 Å². The first-order chi connectivity index (χ1) is 47.9. The van der Waals surface area contributed by atoms with E-state index in [1.165, 1.54) is 104 Å². The number of aromatic nitrogens is 6. The van der Waals surface area contributed by atoms with Gasteiger partial charge in [0.05, 0.1) is 33.1 Å². The van der Waals surface area contributed by atoms with Crippen LogP contribution in [0.2, 0.25) is 0 Å². The second-order valence-corrected chi connectivity index (χ2v) is 25.2. The Morgan fingerprint density at radius 3 is 1.02 bits per heavy atom. The van der Waals surface area contributed by atoms with Crippen molar-refractivity contribution in [3.63, 3.8) is 0 Å². The molecule has 6 heteroatoms. The largest absolute Gasteiger partial charge is 0.327 e. The van der Waals surface area contributed by atoms with Crippen LogP contribution in [0.5, 0.6) is 0 Å². The van der Waals surface area contributed by atoms with Crippen LogP contribution >= 0.6 is 0 Å². The van der Waals surface area contributed by atoms with Gasteiger partial charge in [-0.25, -0.2) is 15.0 Å². The van der Waals surface area contributed by atoms with Crippen molar-refractivity contribution in [2.45, 2.75) is 0 Å². The minimum Gasteiger partial charge on any atom is -0.327 e. The van der Waals surface area contributed by atoms with Crippen molar-refractivity contribution in [3.05, 3.63) is 340 Å². The van der Waals surface area contributed by atoms with Gasteiger partial charge in [-0.1, -0.05) is 261 Å².